The average Bonchev–Trinajstić information content (AvgIpc) is 2.86. The van der Waals surface area contributed by atoms with Crippen molar-refractivity contribution in [1.29, 1.82) is 0 Å². The van der Waals surface area contributed by atoms with Crippen molar-refractivity contribution in [2.45, 2.75) is 13.3 Å². The highest BCUT2D eigenvalue weighted by molar-refractivity contribution is 7.13. The van der Waals surface area contributed by atoms with E-state index in [1.54, 1.807) is 7.11 Å². The van der Waals surface area contributed by atoms with Gasteiger partial charge in [0.2, 0.25) is 0 Å². The van der Waals surface area contributed by atoms with Crippen LogP contribution < -0.4 is 10.1 Å². The van der Waals surface area contributed by atoms with Crippen LogP contribution in [-0.4, -0.2) is 19.6 Å². The fraction of sp³-hybridized carbons (Fsp3) is 0.267. The number of hydrogen-bond donors (Lipinski definition) is 1. The molecule has 4 heteroatoms. The zero-order valence-electron chi connectivity index (χ0n) is 11.1. The molecule has 0 saturated carbocycles. The SMILES string of the molecule is COc1ccccc1CCNC(=O)c1ccc(C)s1. The van der Waals surface area contributed by atoms with Crippen LogP contribution in [0.1, 0.15) is 20.1 Å². The van der Waals surface area contributed by atoms with Gasteiger partial charge in [0.15, 0.2) is 0 Å². The van der Waals surface area contributed by atoms with Gasteiger partial charge in [0.25, 0.3) is 5.91 Å². The lowest BCUT2D eigenvalue weighted by Gasteiger charge is -2.08. The number of hydrogen-bond acceptors (Lipinski definition) is 3. The number of benzene rings is 1. The molecule has 1 aromatic carbocycles. The molecule has 2 rings (SSSR count). The molecule has 1 aromatic heterocycles. The first kappa shape index (κ1) is 13.6. The number of carbonyl (C=O) groups excluding carboxylic acids is 1. The first-order valence-electron chi connectivity index (χ1n) is 6.17. The van der Waals surface area contributed by atoms with Crippen molar-refractivity contribution in [2.24, 2.45) is 0 Å². The van der Waals surface area contributed by atoms with Crippen molar-refractivity contribution < 1.29 is 9.53 Å². The molecule has 1 amide bonds. The third kappa shape index (κ3) is 3.58. The van der Waals surface area contributed by atoms with E-state index >= 15 is 0 Å². The fourth-order valence-corrected chi connectivity index (χ4v) is 2.65. The van der Waals surface area contributed by atoms with E-state index < -0.39 is 0 Å². The molecule has 0 atom stereocenters. The van der Waals surface area contributed by atoms with Crippen LogP contribution in [-0.2, 0) is 6.42 Å². The van der Waals surface area contributed by atoms with E-state index in [0.717, 1.165) is 27.5 Å². The Balaban J connectivity index is 1.88. The average molecular weight is 275 g/mol. The Morgan fingerprint density at radius 2 is 2.05 bits per heavy atom. The monoisotopic (exact) mass is 275 g/mol. The van der Waals surface area contributed by atoms with Crippen LogP contribution in [0.2, 0.25) is 0 Å². The van der Waals surface area contributed by atoms with E-state index in [1.807, 2.05) is 43.3 Å². The molecular weight excluding hydrogens is 258 g/mol. The van der Waals surface area contributed by atoms with E-state index in [-0.39, 0.29) is 5.91 Å². The van der Waals surface area contributed by atoms with E-state index in [0.29, 0.717) is 6.54 Å². The van der Waals surface area contributed by atoms with E-state index in [9.17, 15) is 4.79 Å². The number of rotatable bonds is 5. The molecule has 100 valence electrons. The molecule has 1 N–H and O–H groups in total. The molecule has 0 unspecified atom stereocenters. The van der Waals surface area contributed by atoms with Gasteiger partial charge < -0.3 is 10.1 Å². The number of thiophene rings is 1. The number of carbonyl (C=O) groups is 1. The molecule has 0 fully saturated rings. The highest BCUT2D eigenvalue weighted by atomic mass is 32.1. The largest absolute Gasteiger partial charge is 0.496 e. The molecule has 0 saturated heterocycles. The zero-order chi connectivity index (χ0) is 13.7. The summed E-state index contributed by atoms with van der Waals surface area (Å²) in [6.07, 6.45) is 0.764. The number of ether oxygens (including phenoxy) is 1. The summed E-state index contributed by atoms with van der Waals surface area (Å²) in [6, 6.07) is 11.7. The molecule has 3 nitrogen and oxygen atoms in total. The maximum absolute atomic E-state index is 11.9. The minimum absolute atomic E-state index is 0.00648. The van der Waals surface area contributed by atoms with Gasteiger partial charge >= 0.3 is 0 Å². The number of methoxy groups -OCH3 is 1. The number of nitrogens with one attached hydrogen (secondary N) is 1. The van der Waals surface area contributed by atoms with Gasteiger partial charge in [0.1, 0.15) is 5.75 Å². The van der Waals surface area contributed by atoms with Crippen LogP contribution >= 0.6 is 11.3 Å². The van der Waals surface area contributed by atoms with Gasteiger partial charge in [0.05, 0.1) is 12.0 Å². The van der Waals surface area contributed by atoms with Gasteiger partial charge in [-0.25, -0.2) is 0 Å². The van der Waals surface area contributed by atoms with Crippen molar-refractivity contribution in [2.75, 3.05) is 13.7 Å². The molecule has 19 heavy (non-hydrogen) atoms. The first-order valence-corrected chi connectivity index (χ1v) is 6.99. The van der Waals surface area contributed by atoms with Gasteiger partial charge in [-0.2, -0.15) is 0 Å². The molecule has 1 heterocycles. The molecule has 0 aliphatic heterocycles. The summed E-state index contributed by atoms with van der Waals surface area (Å²) in [5.74, 6) is 0.858. The van der Waals surface area contributed by atoms with Crippen LogP contribution in [0.3, 0.4) is 0 Å². The summed E-state index contributed by atoms with van der Waals surface area (Å²) in [7, 11) is 1.66. The second kappa shape index (κ2) is 6.38. The van der Waals surface area contributed by atoms with Crippen LogP contribution in [0.25, 0.3) is 0 Å². The normalized spacial score (nSPS) is 10.2. The molecule has 0 aliphatic carbocycles. The lowest BCUT2D eigenvalue weighted by atomic mass is 10.1. The van der Waals surface area contributed by atoms with Crippen LogP contribution in [0.4, 0.5) is 0 Å². The Morgan fingerprint density at radius 3 is 2.74 bits per heavy atom. The van der Waals surface area contributed by atoms with Gasteiger partial charge in [0, 0.05) is 11.4 Å². The molecule has 0 radical (unpaired) electrons. The highest BCUT2D eigenvalue weighted by Gasteiger charge is 2.08. The molecule has 2 aromatic rings. The van der Waals surface area contributed by atoms with Gasteiger partial charge in [-0.3, -0.25) is 4.79 Å². The standard InChI is InChI=1S/C15H17NO2S/c1-11-7-8-14(19-11)15(17)16-10-9-12-5-3-4-6-13(12)18-2/h3-8H,9-10H2,1-2H3,(H,16,17). The van der Waals surface area contributed by atoms with E-state index in [4.69, 9.17) is 4.74 Å². The Labute approximate surface area is 117 Å². The van der Waals surface area contributed by atoms with Gasteiger partial charge in [-0.1, -0.05) is 18.2 Å². The summed E-state index contributed by atoms with van der Waals surface area (Å²) >= 11 is 1.51. The highest BCUT2D eigenvalue weighted by Crippen LogP contribution is 2.18. The Hall–Kier alpha value is -1.81. The maximum atomic E-state index is 11.9. The van der Waals surface area contributed by atoms with Crippen molar-refractivity contribution in [1.82, 2.24) is 5.32 Å². The van der Waals surface area contributed by atoms with Crippen LogP contribution in [0, 0.1) is 6.92 Å². The molecule has 0 bridgehead atoms. The summed E-state index contributed by atoms with van der Waals surface area (Å²) < 4.78 is 5.28. The van der Waals surface area contributed by atoms with Crippen LogP contribution in [0.15, 0.2) is 36.4 Å². The fourth-order valence-electron chi connectivity index (χ4n) is 1.86. The Morgan fingerprint density at radius 1 is 1.26 bits per heavy atom. The zero-order valence-corrected chi connectivity index (χ0v) is 11.9. The number of para-hydroxylation sites is 1. The van der Waals surface area contributed by atoms with Crippen molar-refractivity contribution in [3.05, 3.63) is 51.7 Å². The Kier molecular flexibility index (Phi) is 4.58. The number of aryl methyl sites for hydroxylation is 1. The molecular formula is C15H17NO2S. The summed E-state index contributed by atoms with van der Waals surface area (Å²) in [5, 5.41) is 2.93. The molecule has 0 spiro atoms. The van der Waals surface area contributed by atoms with Crippen molar-refractivity contribution >= 4 is 17.2 Å². The van der Waals surface area contributed by atoms with Crippen LogP contribution in [0.5, 0.6) is 5.75 Å². The maximum Gasteiger partial charge on any atom is 0.261 e. The predicted molar refractivity (Wildman–Crippen MR) is 78.1 cm³/mol. The second-order valence-electron chi connectivity index (χ2n) is 4.23. The minimum Gasteiger partial charge on any atom is -0.496 e. The Bertz CT molecular complexity index is 563. The minimum atomic E-state index is -0.00648. The summed E-state index contributed by atoms with van der Waals surface area (Å²) in [5.41, 5.74) is 1.10. The topological polar surface area (TPSA) is 38.3 Å². The summed E-state index contributed by atoms with van der Waals surface area (Å²) in [4.78, 5) is 13.8. The first-order chi connectivity index (χ1) is 9.20. The lowest BCUT2D eigenvalue weighted by Crippen LogP contribution is -2.24. The predicted octanol–water partition coefficient (Wildman–Crippen LogP) is 3.04. The van der Waals surface area contributed by atoms with E-state index in [1.165, 1.54) is 11.3 Å². The smallest absolute Gasteiger partial charge is 0.261 e. The second-order valence-corrected chi connectivity index (χ2v) is 5.52. The third-order valence-electron chi connectivity index (χ3n) is 2.84. The van der Waals surface area contributed by atoms with Gasteiger partial charge in [-0.15, -0.1) is 11.3 Å². The number of amides is 1. The summed E-state index contributed by atoms with van der Waals surface area (Å²) in [6.45, 7) is 2.60. The molecule has 0 aliphatic rings. The van der Waals surface area contributed by atoms with Crippen molar-refractivity contribution in [3.8, 4) is 5.75 Å². The lowest BCUT2D eigenvalue weighted by molar-refractivity contribution is 0.0958. The van der Waals surface area contributed by atoms with Gasteiger partial charge in [-0.05, 0) is 37.1 Å². The van der Waals surface area contributed by atoms with Crippen molar-refractivity contribution in [3.63, 3.8) is 0 Å². The van der Waals surface area contributed by atoms with E-state index in [2.05, 4.69) is 5.32 Å². The quantitative estimate of drug-likeness (QED) is 0.911. The third-order valence-corrected chi connectivity index (χ3v) is 3.84.